The number of sulfonamides is 1. The fourth-order valence-corrected chi connectivity index (χ4v) is 5.24. The maximum Gasteiger partial charge on any atom is 0.265 e. The van der Waals surface area contributed by atoms with Crippen molar-refractivity contribution in [2.45, 2.75) is 23.8 Å². The molecule has 0 saturated carbocycles. The van der Waals surface area contributed by atoms with Crippen molar-refractivity contribution in [2.75, 3.05) is 24.7 Å². The lowest BCUT2D eigenvalue weighted by Crippen LogP contribution is -2.29. The lowest BCUT2D eigenvalue weighted by atomic mass is 9.89. The molecule has 3 N–H and O–H groups in total. The third kappa shape index (κ3) is 4.43. The van der Waals surface area contributed by atoms with E-state index in [4.69, 9.17) is 15.2 Å². The maximum absolute atomic E-state index is 14.5. The first-order chi connectivity index (χ1) is 13.7. The summed E-state index contributed by atoms with van der Waals surface area (Å²) in [5.41, 5.74) is 5.68. The number of nitrogens with one attached hydrogen (secondary N) is 1. The number of nitrogens with two attached hydrogens (primary N) is 1. The van der Waals surface area contributed by atoms with Crippen LogP contribution in [0.25, 0.3) is 0 Å². The Hall–Kier alpha value is -2.46. The number of thioether (sulfide) groups is 1. The monoisotopic (exact) mass is 439 g/mol. The molecule has 10 heteroatoms. The van der Waals surface area contributed by atoms with E-state index in [0.29, 0.717) is 22.9 Å². The second-order valence-corrected chi connectivity index (χ2v) is 9.41. The summed E-state index contributed by atoms with van der Waals surface area (Å²) in [6.45, 7) is 1.89. The summed E-state index contributed by atoms with van der Waals surface area (Å²) in [6.07, 6.45) is 0.694. The van der Waals surface area contributed by atoms with Gasteiger partial charge >= 0.3 is 0 Å². The number of hydrogen-bond donors (Lipinski definition) is 2. The first-order valence-corrected chi connectivity index (χ1v) is 11.2. The maximum atomic E-state index is 14.5. The van der Waals surface area contributed by atoms with Gasteiger partial charge in [-0.15, -0.1) is 0 Å². The number of amidine groups is 1. The Balaban J connectivity index is 2.01. The van der Waals surface area contributed by atoms with Gasteiger partial charge in [0.25, 0.3) is 10.0 Å². The molecule has 0 bridgehead atoms. The van der Waals surface area contributed by atoms with E-state index >= 15 is 0 Å². The van der Waals surface area contributed by atoms with Crippen molar-refractivity contribution in [2.24, 2.45) is 10.7 Å². The summed E-state index contributed by atoms with van der Waals surface area (Å²) in [5, 5.41) is 0.450. The van der Waals surface area contributed by atoms with Gasteiger partial charge in [0.1, 0.15) is 22.2 Å². The van der Waals surface area contributed by atoms with Crippen molar-refractivity contribution in [1.29, 1.82) is 0 Å². The fraction of sp³-hybridized carbons (Fsp3) is 0.316. The molecule has 0 aromatic heterocycles. The van der Waals surface area contributed by atoms with E-state index in [2.05, 4.69) is 9.71 Å². The second-order valence-electron chi connectivity index (χ2n) is 6.64. The zero-order valence-electron chi connectivity index (χ0n) is 16.2. The topological polar surface area (TPSA) is 103 Å². The van der Waals surface area contributed by atoms with Crippen molar-refractivity contribution in [3.8, 4) is 11.5 Å². The van der Waals surface area contributed by atoms with Crippen LogP contribution in [0.3, 0.4) is 0 Å². The Bertz CT molecular complexity index is 1060. The fourth-order valence-electron chi connectivity index (χ4n) is 3.03. The van der Waals surface area contributed by atoms with E-state index in [1.807, 2.05) is 6.92 Å². The van der Waals surface area contributed by atoms with Crippen LogP contribution in [0.5, 0.6) is 11.5 Å². The van der Waals surface area contributed by atoms with Crippen LogP contribution in [-0.4, -0.2) is 33.6 Å². The van der Waals surface area contributed by atoms with E-state index in [9.17, 15) is 12.8 Å². The Morgan fingerprint density at radius 2 is 1.97 bits per heavy atom. The number of aliphatic imine (C=N–C) groups is 1. The van der Waals surface area contributed by atoms with Gasteiger partial charge in [-0.05, 0) is 43.2 Å². The molecule has 3 rings (SSSR count). The number of rotatable bonds is 6. The van der Waals surface area contributed by atoms with Crippen molar-refractivity contribution >= 4 is 32.6 Å². The summed E-state index contributed by atoms with van der Waals surface area (Å²) in [4.78, 5) is 4.32. The average molecular weight is 440 g/mol. The summed E-state index contributed by atoms with van der Waals surface area (Å²) >= 11 is 1.45. The predicted octanol–water partition coefficient (Wildman–Crippen LogP) is 3.31. The number of halogens is 1. The number of nitrogens with zero attached hydrogens (tertiary/aromatic N) is 1. The van der Waals surface area contributed by atoms with Crippen LogP contribution in [0, 0.1) is 5.82 Å². The molecule has 1 heterocycles. The summed E-state index contributed by atoms with van der Waals surface area (Å²) < 4.78 is 52.9. The number of hydrogen-bond acceptors (Lipinski definition) is 7. The van der Waals surface area contributed by atoms with Crippen LogP contribution in [0.4, 0.5) is 10.1 Å². The molecule has 2 aromatic carbocycles. The summed E-state index contributed by atoms with van der Waals surface area (Å²) in [6, 6.07) is 8.61. The molecule has 0 spiro atoms. The summed E-state index contributed by atoms with van der Waals surface area (Å²) in [5.74, 6) is 0.511. The van der Waals surface area contributed by atoms with Crippen LogP contribution in [0.2, 0.25) is 0 Å². The molecule has 0 amide bonds. The van der Waals surface area contributed by atoms with Crippen LogP contribution in [0.15, 0.2) is 46.3 Å². The molecule has 29 heavy (non-hydrogen) atoms. The normalized spacial score (nSPS) is 19.4. The molecule has 1 aliphatic heterocycles. The van der Waals surface area contributed by atoms with E-state index in [1.165, 1.54) is 50.2 Å². The molecule has 1 aliphatic rings. The molecular weight excluding hydrogens is 417 g/mol. The third-order valence-corrected chi connectivity index (χ3v) is 6.87. The van der Waals surface area contributed by atoms with Gasteiger partial charge in [-0.25, -0.2) is 12.8 Å². The Labute approximate surface area is 173 Å². The molecule has 0 fully saturated rings. The first kappa shape index (κ1) is 21.3. The van der Waals surface area contributed by atoms with E-state index in [0.717, 1.165) is 5.75 Å². The van der Waals surface area contributed by atoms with Crippen LogP contribution in [-0.2, 0) is 15.6 Å². The smallest absolute Gasteiger partial charge is 0.265 e. The lowest BCUT2D eigenvalue weighted by molar-refractivity contribution is 0.392. The van der Waals surface area contributed by atoms with Crippen molar-refractivity contribution in [3.05, 3.63) is 47.8 Å². The SMILES string of the molecule is COc1ccc(OC)c(S(=O)(=O)Nc2cc(C3(C)CCSC(N)=N3)ccc2F)c1. The highest BCUT2D eigenvalue weighted by Crippen LogP contribution is 2.37. The minimum absolute atomic E-state index is 0.114. The average Bonchev–Trinajstić information content (AvgIpc) is 2.68. The van der Waals surface area contributed by atoms with Gasteiger partial charge in [0.15, 0.2) is 5.17 Å². The van der Waals surface area contributed by atoms with Crippen molar-refractivity contribution in [1.82, 2.24) is 0 Å². The number of anilines is 1. The van der Waals surface area contributed by atoms with Gasteiger partial charge in [-0.3, -0.25) is 9.71 Å². The predicted molar refractivity (Wildman–Crippen MR) is 113 cm³/mol. The van der Waals surface area contributed by atoms with Crippen LogP contribution < -0.4 is 19.9 Å². The lowest BCUT2D eigenvalue weighted by Gasteiger charge is -2.30. The minimum atomic E-state index is -4.15. The third-order valence-electron chi connectivity index (χ3n) is 4.69. The standard InChI is InChI=1S/C19H22FN3O4S2/c1-19(8-9-28-18(21)22-19)12-4-6-14(20)15(10-12)23-29(24,25)17-11-13(26-2)5-7-16(17)27-3/h4-7,10-11,23H,8-9H2,1-3H3,(H2,21,22). The molecule has 156 valence electrons. The number of ether oxygens (including phenoxy) is 2. The molecule has 0 aliphatic carbocycles. The summed E-state index contributed by atoms with van der Waals surface area (Å²) in [7, 11) is -1.37. The van der Waals surface area contributed by atoms with Gasteiger partial charge in [0.05, 0.1) is 25.4 Å². The van der Waals surface area contributed by atoms with Gasteiger partial charge in [0, 0.05) is 11.8 Å². The van der Waals surface area contributed by atoms with E-state index < -0.39 is 21.4 Å². The molecule has 2 aromatic rings. The van der Waals surface area contributed by atoms with Gasteiger partial charge in [-0.2, -0.15) is 0 Å². The first-order valence-electron chi connectivity index (χ1n) is 8.71. The van der Waals surface area contributed by atoms with Crippen molar-refractivity contribution in [3.63, 3.8) is 0 Å². The van der Waals surface area contributed by atoms with Gasteiger partial charge in [-0.1, -0.05) is 17.8 Å². The van der Waals surface area contributed by atoms with E-state index in [1.54, 1.807) is 12.1 Å². The Morgan fingerprint density at radius 3 is 2.62 bits per heavy atom. The Kier molecular flexibility index (Phi) is 5.95. The zero-order chi connectivity index (χ0) is 21.2. The molecule has 0 saturated heterocycles. The van der Waals surface area contributed by atoms with Gasteiger partial charge in [0.2, 0.25) is 0 Å². The molecule has 1 atom stereocenters. The van der Waals surface area contributed by atoms with E-state index in [-0.39, 0.29) is 16.3 Å². The van der Waals surface area contributed by atoms with Gasteiger partial charge < -0.3 is 15.2 Å². The van der Waals surface area contributed by atoms with Crippen LogP contribution >= 0.6 is 11.8 Å². The van der Waals surface area contributed by atoms with Crippen molar-refractivity contribution < 1.29 is 22.3 Å². The highest BCUT2D eigenvalue weighted by molar-refractivity contribution is 8.13. The minimum Gasteiger partial charge on any atom is -0.497 e. The molecule has 0 radical (unpaired) electrons. The Morgan fingerprint density at radius 1 is 1.21 bits per heavy atom. The van der Waals surface area contributed by atoms with Crippen LogP contribution in [0.1, 0.15) is 18.9 Å². The zero-order valence-corrected chi connectivity index (χ0v) is 17.9. The second kappa shape index (κ2) is 8.11. The highest BCUT2D eigenvalue weighted by atomic mass is 32.2. The largest absolute Gasteiger partial charge is 0.497 e. The number of benzene rings is 2. The molecule has 1 unspecified atom stereocenters. The highest BCUT2D eigenvalue weighted by Gasteiger charge is 2.31. The molecule has 7 nitrogen and oxygen atoms in total. The number of methoxy groups -OCH3 is 2. The quantitative estimate of drug-likeness (QED) is 0.716. The molecular formula is C19H22FN3O4S2.